The van der Waals surface area contributed by atoms with Crippen molar-refractivity contribution in [3.63, 3.8) is 0 Å². The van der Waals surface area contributed by atoms with Crippen molar-refractivity contribution in [3.8, 4) is 28.9 Å². The number of carbonyl (C=O) groups excluding carboxylic acids is 1. The molecule has 54 heavy (non-hydrogen) atoms. The third kappa shape index (κ3) is 11.2. The zero-order chi connectivity index (χ0) is 37.9. The van der Waals surface area contributed by atoms with Crippen LogP contribution in [0.15, 0.2) is 109 Å². The van der Waals surface area contributed by atoms with Gasteiger partial charge >= 0.3 is 0 Å². The zero-order valence-electron chi connectivity index (χ0n) is 30.8. The summed E-state index contributed by atoms with van der Waals surface area (Å²) in [4.78, 5) is 21.7. The fraction of sp³-hybridized carbons (Fsp3) is 0.273. The third-order valence-corrected chi connectivity index (χ3v) is 9.56. The standard InChI is InChI=1S/C44H45Cl2N3O5/c1-31(2)53-38-15-13-37(14-16-38)51-25-20-33-8-10-34(11-9-33)29-48-21-23-49(24-22-48)43(50)19-12-35-26-32(3)44(41(46)27-35)54-42-18-17-39(28-47-42)52-30-36-6-4-5-7-40(36)45/h4-19,26-28,31H,20-25,29-30H2,1-3H3. The number of hydrogen-bond donors (Lipinski definition) is 0. The minimum Gasteiger partial charge on any atom is -0.493 e. The van der Waals surface area contributed by atoms with Crippen molar-refractivity contribution < 1.29 is 23.7 Å². The second kappa shape index (κ2) is 18.8. The van der Waals surface area contributed by atoms with Gasteiger partial charge < -0.3 is 23.8 Å². The van der Waals surface area contributed by atoms with Gasteiger partial charge in [-0.25, -0.2) is 4.98 Å². The summed E-state index contributed by atoms with van der Waals surface area (Å²) in [5.74, 6) is 3.15. The number of carbonyl (C=O) groups is 1. The first-order valence-electron chi connectivity index (χ1n) is 18.2. The summed E-state index contributed by atoms with van der Waals surface area (Å²) in [5, 5.41) is 1.08. The summed E-state index contributed by atoms with van der Waals surface area (Å²) in [7, 11) is 0. The zero-order valence-corrected chi connectivity index (χ0v) is 32.4. The number of halogens is 2. The molecule has 6 rings (SSSR count). The van der Waals surface area contributed by atoms with Crippen LogP contribution in [0, 0.1) is 6.92 Å². The number of aromatic nitrogens is 1. The lowest BCUT2D eigenvalue weighted by molar-refractivity contribution is -0.127. The molecule has 1 aromatic heterocycles. The van der Waals surface area contributed by atoms with Gasteiger partial charge in [-0.3, -0.25) is 9.69 Å². The van der Waals surface area contributed by atoms with Crippen molar-refractivity contribution in [2.24, 2.45) is 0 Å². The number of rotatable bonds is 15. The average molecular weight is 767 g/mol. The SMILES string of the molecule is Cc1cc(C=CC(=O)N2CCN(Cc3ccc(CCOc4ccc(OC(C)C)cc4)cc3)CC2)cc(Cl)c1Oc1ccc(OCc2ccccc2Cl)cn1. The predicted octanol–water partition coefficient (Wildman–Crippen LogP) is 9.83. The number of benzene rings is 4. The minimum atomic E-state index is -0.0174. The maximum atomic E-state index is 13.1. The highest BCUT2D eigenvalue weighted by atomic mass is 35.5. The maximum absolute atomic E-state index is 13.1. The molecule has 0 aliphatic carbocycles. The van der Waals surface area contributed by atoms with Gasteiger partial charge in [0.1, 0.15) is 23.9 Å². The van der Waals surface area contributed by atoms with Crippen molar-refractivity contribution >= 4 is 35.2 Å². The Morgan fingerprint density at radius 2 is 1.52 bits per heavy atom. The maximum Gasteiger partial charge on any atom is 0.246 e. The van der Waals surface area contributed by atoms with Crippen LogP contribution in [-0.4, -0.2) is 59.6 Å². The fourth-order valence-electron chi connectivity index (χ4n) is 6.02. The highest BCUT2D eigenvalue weighted by Gasteiger charge is 2.20. The number of piperazine rings is 1. The first kappa shape index (κ1) is 38.7. The van der Waals surface area contributed by atoms with Gasteiger partial charge in [0.2, 0.25) is 11.8 Å². The smallest absolute Gasteiger partial charge is 0.246 e. The van der Waals surface area contributed by atoms with E-state index in [1.807, 2.05) is 80.3 Å². The molecule has 0 radical (unpaired) electrons. The van der Waals surface area contributed by atoms with E-state index in [2.05, 4.69) is 34.1 Å². The van der Waals surface area contributed by atoms with E-state index in [4.69, 9.17) is 42.1 Å². The van der Waals surface area contributed by atoms with E-state index < -0.39 is 0 Å². The predicted molar refractivity (Wildman–Crippen MR) is 215 cm³/mol. The van der Waals surface area contributed by atoms with Crippen LogP contribution in [-0.2, 0) is 24.4 Å². The number of hydrogen-bond acceptors (Lipinski definition) is 7. The molecule has 0 saturated carbocycles. The summed E-state index contributed by atoms with van der Waals surface area (Å²) in [5.41, 5.74) is 5.02. The molecule has 2 heterocycles. The van der Waals surface area contributed by atoms with Crippen LogP contribution in [0.25, 0.3) is 6.08 Å². The lowest BCUT2D eigenvalue weighted by Gasteiger charge is -2.34. The monoisotopic (exact) mass is 765 g/mol. The normalized spacial score (nSPS) is 13.3. The van der Waals surface area contributed by atoms with Gasteiger partial charge in [0.15, 0.2) is 5.75 Å². The van der Waals surface area contributed by atoms with Gasteiger partial charge in [-0.2, -0.15) is 0 Å². The van der Waals surface area contributed by atoms with Crippen molar-refractivity contribution in [2.75, 3.05) is 32.8 Å². The van der Waals surface area contributed by atoms with Gasteiger partial charge in [-0.05, 0) is 97.6 Å². The number of aryl methyl sites for hydroxylation is 1. The first-order valence-corrected chi connectivity index (χ1v) is 18.9. The van der Waals surface area contributed by atoms with E-state index in [1.54, 1.807) is 36.5 Å². The second-order valence-electron chi connectivity index (χ2n) is 13.5. The van der Waals surface area contributed by atoms with Crippen molar-refractivity contribution in [1.29, 1.82) is 0 Å². The number of nitrogens with zero attached hydrogens (tertiary/aromatic N) is 3. The highest BCUT2D eigenvalue weighted by Crippen LogP contribution is 2.34. The molecule has 0 N–H and O–H groups in total. The molecule has 4 aromatic carbocycles. The Morgan fingerprint density at radius 1 is 0.815 bits per heavy atom. The van der Waals surface area contributed by atoms with Crippen molar-refractivity contribution in [2.45, 2.75) is 46.4 Å². The van der Waals surface area contributed by atoms with Crippen LogP contribution in [0.5, 0.6) is 28.9 Å². The van der Waals surface area contributed by atoms with Gasteiger partial charge in [0.25, 0.3) is 0 Å². The topological polar surface area (TPSA) is 73.4 Å². The van der Waals surface area contributed by atoms with E-state index in [9.17, 15) is 4.79 Å². The Kier molecular flexibility index (Phi) is 13.5. The minimum absolute atomic E-state index is 0.0174. The van der Waals surface area contributed by atoms with Gasteiger partial charge in [-0.15, -0.1) is 0 Å². The van der Waals surface area contributed by atoms with E-state index >= 15 is 0 Å². The largest absolute Gasteiger partial charge is 0.493 e. The summed E-state index contributed by atoms with van der Waals surface area (Å²) < 4.78 is 23.5. The summed E-state index contributed by atoms with van der Waals surface area (Å²) in [6.07, 6.45) is 5.99. The Labute approximate surface area is 327 Å². The molecular weight excluding hydrogens is 721 g/mol. The molecule has 1 fully saturated rings. The Bertz CT molecular complexity index is 1990. The van der Waals surface area contributed by atoms with Gasteiger partial charge in [0.05, 0.1) is 23.9 Å². The van der Waals surface area contributed by atoms with E-state index in [0.29, 0.717) is 53.7 Å². The average Bonchev–Trinajstić information content (AvgIpc) is 3.17. The van der Waals surface area contributed by atoms with Crippen LogP contribution in [0.1, 0.15) is 41.7 Å². The van der Waals surface area contributed by atoms with Crippen LogP contribution in [0.4, 0.5) is 0 Å². The molecule has 8 nitrogen and oxygen atoms in total. The highest BCUT2D eigenvalue weighted by molar-refractivity contribution is 6.32. The number of pyridine rings is 1. The molecule has 10 heteroatoms. The van der Waals surface area contributed by atoms with Gasteiger partial charge in [-0.1, -0.05) is 65.7 Å². The van der Waals surface area contributed by atoms with Gasteiger partial charge in [0, 0.05) is 61.9 Å². The lowest BCUT2D eigenvalue weighted by atomic mass is 10.1. The lowest BCUT2D eigenvalue weighted by Crippen LogP contribution is -2.47. The van der Waals surface area contributed by atoms with Crippen LogP contribution < -0.4 is 18.9 Å². The number of ether oxygens (including phenoxy) is 4. The summed E-state index contributed by atoms with van der Waals surface area (Å²) >= 11 is 12.9. The van der Waals surface area contributed by atoms with E-state index in [0.717, 1.165) is 54.2 Å². The Morgan fingerprint density at radius 3 is 2.20 bits per heavy atom. The van der Waals surface area contributed by atoms with Crippen molar-refractivity contribution in [1.82, 2.24) is 14.8 Å². The first-order chi connectivity index (χ1) is 26.2. The van der Waals surface area contributed by atoms with Crippen molar-refractivity contribution in [3.05, 3.63) is 147 Å². The summed E-state index contributed by atoms with van der Waals surface area (Å²) in [6.45, 7) is 10.7. The van der Waals surface area contributed by atoms with Crippen LogP contribution in [0.3, 0.4) is 0 Å². The van der Waals surface area contributed by atoms with Crippen LogP contribution >= 0.6 is 23.2 Å². The quantitative estimate of drug-likeness (QED) is 0.0983. The molecule has 1 aliphatic heterocycles. The van der Waals surface area contributed by atoms with E-state index in [-0.39, 0.29) is 12.0 Å². The van der Waals surface area contributed by atoms with Crippen LogP contribution in [0.2, 0.25) is 10.0 Å². The fourth-order valence-corrected chi connectivity index (χ4v) is 6.52. The third-order valence-electron chi connectivity index (χ3n) is 8.91. The molecule has 1 amide bonds. The summed E-state index contributed by atoms with van der Waals surface area (Å²) in [6, 6.07) is 31.2. The molecule has 5 aromatic rings. The van der Waals surface area contributed by atoms with E-state index in [1.165, 1.54) is 11.1 Å². The molecule has 0 atom stereocenters. The Balaban J connectivity index is 0.918. The molecule has 0 unspecified atom stereocenters. The molecule has 280 valence electrons. The number of amides is 1. The molecule has 1 aliphatic rings. The second-order valence-corrected chi connectivity index (χ2v) is 14.3. The Hall–Kier alpha value is -5.02. The molecule has 1 saturated heterocycles. The molecule has 0 spiro atoms. The molecule has 0 bridgehead atoms. The molecular formula is C44H45Cl2N3O5.